The minimum atomic E-state index is 0.0628. The van der Waals surface area contributed by atoms with Crippen molar-refractivity contribution in [2.75, 3.05) is 19.4 Å². The predicted molar refractivity (Wildman–Crippen MR) is 70.9 cm³/mol. The fourth-order valence-corrected chi connectivity index (χ4v) is 1.22. The Kier molecular flexibility index (Phi) is 6.84. The van der Waals surface area contributed by atoms with E-state index in [1.165, 1.54) is 0 Å². The fourth-order valence-electron chi connectivity index (χ4n) is 1.22. The van der Waals surface area contributed by atoms with E-state index in [1.54, 1.807) is 20.2 Å². The highest BCUT2D eigenvalue weighted by Gasteiger charge is 2.02. The Labute approximate surface area is 97.6 Å². The van der Waals surface area contributed by atoms with Crippen LogP contribution in [0.25, 0.3) is 0 Å². The van der Waals surface area contributed by atoms with Gasteiger partial charge in [0.05, 0.1) is 0 Å². The van der Waals surface area contributed by atoms with E-state index in [9.17, 15) is 4.79 Å². The molecule has 0 saturated carbocycles. The Balaban J connectivity index is 0.00000106. The Morgan fingerprint density at radius 1 is 1.31 bits per heavy atom. The van der Waals surface area contributed by atoms with Crippen molar-refractivity contribution in [3.05, 3.63) is 29.3 Å². The summed E-state index contributed by atoms with van der Waals surface area (Å²) in [5, 5.41) is 3.01. The van der Waals surface area contributed by atoms with Gasteiger partial charge < -0.3 is 5.32 Å². The zero-order valence-electron chi connectivity index (χ0n) is 10.7. The summed E-state index contributed by atoms with van der Waals surface area (Å²) in [4.78, 5) is 15.1. The molecule has 1 N–H and O–H groups in total. The smallest absolute Gasteiger partial charge is 0.159 e. The lowest BCUT2D eigenvalue weighted by molar-refractivity contribution is 0.101. The van der Waals surface area contributed by atoms with Crippen LogP contribution < -0.4 is 5.32 Å². The van der Waals surface area contributed by atoms with Crippen LogP contribution in [0.1, 0.15) is 36.7 Å². The highest BCUT2D eigenvalue weighted by atomic mass is 16.1. The summed E-state index contributed by atoms with van der Waals surface area (Å²) in [6.07, 6.45) is 1.73. The lowest BCUT2D eigenvalue weighted by Crippen LogP contribution is -1.97. The third kappa shape index (κ3) is 4.26. The van der Waals surface area contributed by atoms with Crippen molar-refractivity contribution < 1.29 is 4.79 Å². The van der Waals surface area contributed by atoms with Crippen molar-refractivity contribution in [3.8, 4) is 0 Å². The number of carbonyl (C=O) groups excluding carboxylic acids is 1. The minimum Gasteiger partial charge on any atom is -0.388 e. The summed E-state index contributed by atoms with van der Waals surface area (Å²) in [5.74, 6) is 0.0628. The van der Waals surface area contributed by atoms with Gasteiger partial charge in [-0.2, -0.15) is 0 Å². The van der Waals surface area contributed by atoms with Crippen LogP contribution in [0.5, 0.6) is 0 Å². The summed E-state index contributed by atoms with van der Waals surface area (Å²) < 4.78 is 0. The molecule has 0 saturated heterocycles. The van der Waals surface area contributed by atoms with Gasteiger partial charge in [0, 0.05) is 31.6 Å². The molecule has 0 fully saturated rings. The number of ketones is 1. The molecule has 0 radical (unpaired) electrons. The first-order valence-electron chi connectivity index (χ1n) is 5.43. The molecule has 1 rings (SSSR count). The number of benzene rings is 1. The molecule has 16 heavy (non-hydrogen) atoms. The van der Waals surface area contributed by atoms with Crippen LogP contribution in [-0.2, 0) is 0 Å². The molecule has 0 spiro atoms. The van der Waals surface area contributed by atoms with Gasteiger partial charge in [-0.1, -0.05) is 13.8 Å². The summed E-state index contributed by atoms with van der Waals surface area (Å²) in [5.41, 5.74) is 2.56. The molecular weight excluding hydrogens is 200 g/mol. The van der Waals surface area contributed by atoms with Crippen LogP contribution in [0.3, 0.4) is 0 Å². The maximum absolute atomic E-state index is 11.2. The molecule has 3 nitrogen and oxygen atoms in total. The van der Waals surface area contributed by atoms with E-state index < -0.39 is 0 Å². The zero-order chi connectivity index (χ0) is 12.6. The predicted octanol–water partition coefficient (Wildman–Crippen LogP) is 3.01. The summed E-state index contributed by atoms with van der Waals surface area (Å²) in [6.45, 7) is 5.56. The Morgan fingerprint density at radius 3 is 2.38 bits per heavy atom. The molecule has 0 aliphatic rings. The lowest BCUT2D eigenvalue weighted by atomic mass is 10.1. The van der Waals surface area contributed by atoms with Gasteiger partial charge in [0.15, 0.2) is 5.78 Å². The number of hydrogen-bond donors (Lipinski definition) is 1. The highest BCUT2D eigenvalue weighted by Crippen LogP contribution is 2.13. The molecule has 0 aliphatic carbocycles. The topological polar surface area (TPSA) is 41.5 Å². The van der Waals surface area contributed by atoms with Crippen LogP contribution in [-0.4, -0.2) is 26.1 Å². The number of nitrogens with zero attached hydrogens (tertiary/aromatic N) is 1. The van der Waals surface area contributed by atoms with Crippen LogP contribution in [0.4, 0.5) is 5.69 Å². The number of carbonyl (C=O) groups is 1. The molecule has 0 unspecified atom stereocenters. The summed E-state index contributed by atoms with van der Waals surface area (Å²) >= 11 is 0. The number of nitrogens with one attached hydrogen (secondary N) is 1. The van der Waals surface area contributed by atoms with Gasteiger partial charge in [0.1, 0.15) is 0 Å². The number of aliphatic imine (C=N–C) groups is 1. The first-order valence-corrected chi connectivity index (χ1v) is 5.43. The third-order valence-electron chi connectivity index (χ3n) is 1.93. The van der Waals surface area contributed by atoms with Crippen LogP contribution in [0.2, 0.25) is 0 Å². The van der Waals surface area contributed by atoms with Crippen LogP contribution >= 0.6 is 0 Å². The number of Topliss-reactive ketones (excluding diaryl/α,β-unsaturated/α-hetero) is 1. The van der Waals surface area contributed by atoms with Crippen LogP contribution in [0, 0.1) is 0 Å². The molecule has 0 atom stereocenters. The van der Waals surface area contributed by atoms with E-state index in [4.69, 9.17) is 0 Å². The highest BCUT2D eigenvalue weighted by molar-refractivity contribution is 5.97. The maximum atomic E-state index is 11.2. The van der Waals surface area contributed by atoms with E-state index >= 15 is 0 Å². The SMILES string of the molecule is CC.CN=Cc1cc(NC)cc(C(C)=O)c1. The van der Waals surface area contributed by atoms with Gasteiger partial charge in [-0.05, 0) is 30.7 Å². The molecular formula is C13H20N2O. The van der Waals surface area contributed by atoms with Crippen molar-refractivity contribution in [2.24, 2.45) is 4.99 Å². The average molecular weight is 220 g/mol. The Bertz CT molecular complexity index is 370. The molecule has 0 aromatic heterocycles. The van der Waals surface area contributed by atoms with E-state index in [0.29, 0.717) is 5.56 Å². The number of hydrogen-bond acceptors (Lipinski definition) is 3. The zero-order valence-corrected chi connectivity index (χ0v) is 10.7. The molecule has 0 amide bonds. The molecule has 3 heteroatoms. The van der Waals surface area contributed by atoms with E-state index in [2.05, 4.69) is 10.3 Å². The molecule has 0 aliphatic heterocycles. The average Bonchev–Trinajstić information content (AvgIpc) is 2.31. The van der Waals surface area contributed by atoms with Gasteiger partial charge >= 0.3 is 0 Å². The quantitative estimate of drug-likeness (QED) is 0.628. The van der Waals surface area contributed by atoms with E-state index in [0.717, 1.165) is 11.3 Å². The van der Waals surface area contributed by atoms with E-state index in [1.807, 2.05) is 39.1 Å². The third-order valence-corrected chi connectivity index (χ3v) is 1.93. The van der Waals surface area contributed by atoms with Gasteiger partial charge in [0.2, 0.25) is 0 Å². The van der Waals surface area contributed by atoms with Crippen molar-refractivity contribution in [3.63, 3.8) is 0 Å². The monoisotopic (exact) mass is 220 g/mol. The summed E-state index contributed by atoms with van der Waals surface area (Å²) in [6, 6.07) is 5.60. The number of rotatable bonds is 3. The second-order valence-corrected chi connectivity index (χ2v) is 3.04. The molecule has 1 aromatic carbocycles. The molecule has 0 heterocycles. The first kappa shape index (κ1) is 14.4. The summed E-state index contributed by atoms with van der Waals surface area (Å²) in [7, 11) is 3.53. The van der Waals surface area contributed by atoms with Gasteiger partial charge in [-0.15, -0.1) is 0 Å². The molecule has 0 bridgehead atoms. The van der Waals surface area contributed by atoms with Gasteiger partial charge in [-0.3, -0.25) is 9.79 Å². The second-order valence-electron chi connectivity index (χ2n) is 3.04. The van der Waals surface area contributed by atoms with Crippen molar-refractivity contribution in [2.45, 2.75) is 20.8 Å². The van der Waals surface area contributed by atoms with Crippen molar-refractivity contribution in [1.29, 1.82) is 0 Å². The maximum Gasteiger partial charge on any atom is 0.159 e. The van der Waals surface area contributed by atoms with Gasteiger partial charge in [0.25, 0.3) is 0 Å². The normalized spacial score (nSPS) is 9.56. The fraction of sp³-hybridized carbons (Fsp3) is 0.385. The Hall–Kier alpha value is -1.64. The van der Waals surface area contributed by atoms with Crippen LogP contribution in [0.15, 0.2) is 23.2 Å². The molecule has 88 valence electrons. The lowest BCUT2D eigenvalue weighted by Gasteiger charge is -2.04. The molecule has 1 aromatic rings. The second kappa shape index (κ2) is 7.63. The van der Waals surface area contributed by atoms with Gasteiger partial charge in [-0.25, -0.2) is 0 Å². The standard InChI is InChI=1S/C11H14N2O.C2H6/c1-8(14)10-4-9(7-12-2)5-11(6-10)13-3;1-2/h4-7,13H,1-3H3;1-2H3. The first-order chi connectivity index (χ1) is 7.67. The number of anilines is 1. The van der Waals surface area contributed by atoms with E-state index in [-0.39, 0.29) is 5.78 Å². The van der Waals surface area contributed by atoms with Crippen molar-refractivity contribution in [1.82, 2.24) is 0 Å². The Morgan fingerprint density at radius 2 is 1.94 bits per heavy atom. The minimum absolute atomic E-state index is 0.0628. The van der Waals surface area contributed by atoms with Crippen molar-refractivity contribution >= 4 is 17.7 Å². The largest absolute Gasteiger partial charge is 0.388 e.